The van der Waals surface area contributed by atoms with Crippen LogP contribution in [0, 0.1) is 11.3 Å². The molecule has 1 atom stereocenters. The summed E-state index contributed by atoms with van der Waals surface area (Å²) < 4.78 is 5.39. The number of β-amino-alcohol motifs (C(OH)–C–C–N with tert-alkyl or cyclic N) is 1. The van der Waals surface area contributed by atoms with Crippen LogP contribution in [-0.4, -0.2) is 59.7 Å². The maximum atomic E-state index is 12.7. The zero-order valence-electron chi connectivity index (χ0n) is 14.7. The van der Waals surface area contributed by atoms with Crippen LogP contribution in [0.25, 0.3) is 0 Å². The molecule has 25 heavy (non-hydrogen) atoms. The molecule has 3 rings (SSSR count). The van der Waals surface area contributed by atoms with Crippen molar-refractivity contribution in [3.8, 4) is 11.8 Å². The van der Waals surface area contributed by atoms with E-state index < -0.39 is 5.60 Å². The first-order valence-corrected chi connectivity index (χ1v) is 8.87. The molecule has 2 heterocycles. The number of benzene rings is 1. The van der Waals surface area contributed by atoms with E-state index in [1.165, 1.54) is 0 Å². The Labute approximate surface area is 148 Å². The van der Waals surface area contributed by atoms with Crippen LogP contribution in [-0.2, 0) is 11.3 Å². The van der Waals surface area contributed by atoms with Crippen molar-refractivity contribution in [2.45, 2.75) is 37.8 Å². The monoisotopic (exact) mass is 343 g/mol. The van der Waals surface area contributed by atoms with Gasteiger partial charge in [0, 0.05) is 31.7 Å². The summed E-state index contributed by atoms with van der Waals surface area (Å²) in [7, 11) is 1.61. The minimum absolute atomic E-state index is 0.132. The van der Waals surface area contributed by atoms with E-state index >= 15 is 0 Å². The fourth-order valence-corrected chi connectivity index (χ4v) is 3.86. The van der Waals surface area contributed by atoms with Gasteiger partial charge in [-0.2, -0.15) is 5.26 Å². The molecule has 2 aliphatic rings. The first-order valence-electron chi connectivity index (χ1n) is 8.87. The Hall–Kier alpha value is -2.10. The van der Waals surface area contributed by atoms with Crippen molar-refractivity contribution in [2.75, 3.05) is 33.3 Å². The molecule has 0 radical (unpaired) electrons. The van der Waals surface area contributed by atoms with Crippen LogP contribution in [0.5, 0.6) is 5.75 Å². The smallest absolute Gasteiger partial charge is 0.255 e. The number of hydrogen-bond acceptors (Lipinski definition) is 5. The second-order valence-corrected chi connectivity index (χ2v) is 6.98. The molecule has 0 aromatic heterocycles. The van der Waals surface area contributed by atoms with E-state index in [1.807, 2.05) is 6.07 Å². The minimum atomic E-state index is -1.30. The third-order valence-corrected chi connectivity index (χ3v) is 5.14. The van der Waals surface area contributed by atoms with E-state index in [-0.39, 0.29) is 5.91 Å². The Kier molecular flexibility index (Phi) is 5.26. The number of likely N-dealkylation sites (tertiary alicyclic amines) is 2. The summed E-state index contributed by atoms with van der Waals surface area (Å²) in [5.41, 5.74) is 0.179. The highest BCUT2D eigenvalue weighted by Crippen LogP contribution is 2.28. The lowest BCUT2D eigenvalue weighted by atomic mass is 9.91. The SMILES string of the molecule is COc1ccc(C#N)cc1CN1CCC[C@@](O)(C(=O)N2CCCC2)C1. The van der Waals surface area contributed by atoms with E-state index in [1.54, 1.807) is 24.1 Å². The van der Waals surface area contributed by atoms with Gasteiger partial charge in [-0.25, -0.2) is 0 Å². The summed E-state index contributed by atoms with van der Waals surface area (Å²) in [5, 5.41) is 20.1. The number of carbonyl (C=O) groups is 1. The number of rotatable bonds is 4. The molecule has 2 saturated heterocycles. The van der Waals surface area contributed by atoms with Gasteiger partial charge in [0.1, 0.15) is 5.75 Å². The number of carbonyl (C=O) groups excluding carboxylic acids is 1. The Morgan fingerprint density at radius 3 is 2.76 bits per heavy atom. The van der Waals surface area contributed by atoms with Gasteiger partial charge in [0.05, 0.1) is 18.7 Å². The summed E-state index contributed by atoms with van der Waals surface area (Å²) >= 11 is 0. The van der Waals surface area contributed by atoms with Crippen molar-refractivity contribution < 1.29 is 14.6 Å². The van der Waals surface area contributed by atoms with Gasteiger partial charge in [0.2, 0.25) is 0 Å². The van der Waals surface area contributed by atoms with Crippen LogP contribution in [0.4, 0.5) is 0 Å². The van der Waals surface area contributed by atoms with Gasteiger partial charge in [-0.05, 0) is 50.4 Å². The first-order chi connectivity index (χ1) is 12.1. The van der Waals surface area contributed by atoms with Gasteiger partial charge in [-0.3, -0.25) is 9.69 Å². The van der Waals surface area contributed by atoms with Crippen molar-refractivity contribution >= 4 is 5.91 Å². The zero-order chi connectivity index (χ0) is 17.9. The standard InChI is InChI=1S/C19H25N3O3/c1-25-17-6-5-15(12-20)11-16(17)13-21-8-4-7-19(24,14-21)18(23)22-9-2-3-10-22/h5-6,11,24H,2-4,7-10,13-14H2,1H3/t19-/m0/s1. The molecule has 1 aromatic rings. The summed E-state index contributed by atoms with van der Waals surface area (Å²) in [4.78, 5) is 16.6. The molecule has 0 spiro atoms. The molecule has 1 aromatic carbocycles. The number of piperidine rings is 1. The fourth-order valence-electron chi connectivity index (χ4n) is 3.86. The normalized spacial score (nSPS) is 24.1. The van der Waals surface area contributed by atoms with E-state index in [0.717, 1.165) is 50.2 Å². The molecule has 2 aliphatic heterocycles. The summed E-state index contributed by atoms with van der Waals surface area (Å²) in [6.45, 7) is 3.18. The van der Waals surface area contributed by atoms with Crippen LogP contribution >= 0.6 is 0 Å². The maximum Gasteiger partial charge on any atom is 0.255 e. The van der Waals surface area contributed by atoms with E-state index in [9.17, 15) is 9.90 Å². The highest BCUT2D eigenvalue weighted by Gasteiger charge is 2.43. The number of ether oxygens (including phenoxy) is 1. The number of hydrogen-bond donors (Lipinski definition) is 1. The molecular weight excluding hydrogens is 318 g/mol. The summed E-state index contributed by atoms with van der Waals surface area (Å²) in [5.74, 6) is 0.589. The van der Waals surface area contributed by atoms with Crippen molar-refractivity contribution in [1.29, 1.82) is 5.26 Å². The largest absolute Gasteiger partial charge is 0.496 e. The van der Waals surface area contributed by atoms with Gasteiger partial charge in [0.25, 0.3) is 5.91 Å². The van der Waals surface area contributed by atoms with Crippen LogP contribution < -0.4 is 4.74 Å². The number of nitrogens with zero attached hydrogens (tertiary/aromatic N) is 3. The van der Waals surface area contributed by atoms with Crippen LogP contribution in [0.3, 0.4) is 0 Å². The summed E-state index contributed by atoms with van der Waals surface area (Å²) in [6, 6.07) is 7.48. The maximum absolute atomic E-state index is 12.7. The second-order valence-electron chi connectivity index (χ2n) is 6.98. The van der Waals surface area contributed by atoms with E-state index in [2.05, 4.69) is 11.0 Å². The van der Waals surface area contributed by atoms with Crippen molar-refractivity contribution in [3.63, 3.8) is 0 Å². The number of aliphatic hydroxyl groups is 1. The van der Waals surface area contributed by atoms with Gasteiger partial charge in [-0.15, -0.1) is 0 Å². The van der Waals surface area contributed by atoms with Gasteiger partial charge < -0.3 is 14.7 Å². The second kappa shape index (κ2) is 7.42. The first kappa shape index (κ1) is 17.7. The van der Waals surface area contributed by atoms with E-state index in [0.29, 0.717) is 25.1 Å². The summed E-state index contributed by atoms with van der Waals surface area (Å²) in [6.07, 6.45) is 3.32. The third-order valence-electron chi connectivity index (χ3n) is 5.14. The number of nitriles is 1. The molecule has 1 amide bonds. The number of methoxy groups -OCH3 is 1. The average Bonchev–Trinajstić information content (AvgIpc) is 3.15. The predicted octanol–water partition coefficient (Wildman–Crippen LogP) is 1.52. The molecule has 6 heteroatoms. The molecule has 2 fully saturated rings. The minimum Gasteiger partial charge on any atom is -0.496 e. The molecule has 134 valence electrons. The van der Waals surface area contributed by atoms with Gasteiger partial charge in [-0.1, -0.05) is 0 Å². The Bertz CT molecular complexity index is 679. The predicted molar refractivity (Wildman–Crippen MR) is 93.0 cm³/mol. The molecular formula is C19H25N3O3. The molecule has 1 N–H and O–H groups in total. The average molecular weight is 343 g/mol. The topological polar surface area (TPSA) is 76.8 Å². The molecule has 0 aliphatic carbocycles. The Morgan fingerprint density at radius 2 is 2.08 bits per heavy atom. The number of amides is 1. The lowest BCUT2D eigenvalue weighted by Gasteiger charge is -2.40. The van der Waals surface area contributed by atoms with E-state index in [4.69, 9.17) is 10.00 Å². The molecule has 0 saturated carbocycles. The highest BCUT2D eigenvalue weighted by atomic mass is 16.5. The third kappa shape index (κ3) is 3.78. The van der Waals surface area contributed by atoms with Crippen molar-refractivity contribution in [2.24, 2.45) is 0 Å². The van der Waals surface area contributed by atoms with Crippen LogP contribution in [0.1, 0.15) is 36.8 Å². The fraction of sp³-hybridized carbons (Fsp3) is 0.579. The van der Waals surface area contributed by atoms with Crippen molar-refractivity contribution in [1.82, 2.24) is 9.80 Å². The van der Waals surface area contributed by atoms with Gasteiger partial charge in [0.15, 0.2) is 5.60 Å². The van der Waals surface area contributed by atoms with Crippen LogP contribution in [0.15, 0.2) is 18.2 Å². The van der Waals surface area contributed by atoms with Crippen molar-refractivity contribution in [3.05, 3.63) is 29.3 Å². The van der Waals surface area contributed by atoms with Gasteiger partial charge >= 0.3 is 0 Å². The quantitative estimate of drug-likeness (QED) is 0.897. The Balaban J connectivity index is 1.73. The lowest BCUT2D eigenvalue weighted by molar-refractivity contribution is -0.156. The lowest BCUT2D eigenvalue weighted by Crippen LogP contribution is -2.57. The molecule has 6 nitrogen and oxygen atoms in total. The highest BCUT2D eigenvalue weighted by molar-refractivity contribution is 5.85. The molecule has 0 unspecified atom stereocenters. The zero-order valence-corrected chi connectivity index (χ0v) is 14.7. The van der Waals surface area contributed by atoms with Crippen LogP contribution in [0.2, 0.25) is 0 Å². The molecule has 0 bridgehead atoms. The Morgan fingerprint density at radius 1 is 1.32 bits per heavy atom.